The maximum absolute atomic E-state index is 11.1. The van der Waals surface area contributed by atoms with Crippen LogP contribution >= 0.6 is 0 Å². The van der Waals surface area contributed by atoms with E-state index in [1.807, 2.05) is 0 Å². The third kappa shape index (κ3) is 0.579. The van der Waals surface area contributed by atoms with Crippen molar-refractivity contribution in [2.45, 2.75) is 25.0 Å². The number of cyclic esters (lactones) is 2. The minimum atomic E-state index is -0.378. The fourth-order valence-corrected chi connectivity index (χ4v) is 2.51. The first-order valence-corrected chi connectivity index (χ1v) is 4.18. The lowest BCUT2D eigenvalue weighted by Crippen LogP contribution is -2.29. The van der Waals surface area contributed by atoms with Crippen LogP contribution in [0.3, 0.4) is 0 Å². The van der Waals surface area contributed by atoms with Crippen LogP contribution < -0.4 is 0 Å². The van der Waals surface area contributed by atoms with Crippen LogP contribution in [0.15, 0.2) is 0 Å². The number of esters is 2. The van der Waals surface area contributed by atoms with E-state index in [1.165, 1.54) is 0 Å². The zero-order valence-electron chi connectivity index (χ0n) is 6.36. The Hall–Kier alpha value is -0.900. The van der Waals surface area contributed by atoms with Crippen molar-refractivity contribution in [3.8, 4) is 0 Å². The number of rotatable bonds is 0. The van der Waals surface area contributed by atoms with Crippen LogP contribution in [0.2, 0.25) is 0 Å². The van der Waals surface area contributed by atoms with Crippen molar-refractivity contribution in [1.82, 2.24) is 0 Å². The molecule has 4 atom stereocenters. The average molecular weight is 168 g/mol. The van der Waals surface area contributed by atoms with E-state index in [0.29, 0.717) is 0 Å². The average Bonchev–Trinajstić information content (AvgIpc) is 2.64. The van der Waals surface area contributed by atoms with E-state index in [1.54, 1.807) is 0 Å². The van der Waals surface area contributed by atoms with Gasteiger partial charge in [0.1, 0.15) is 0 Å². The van der Waals surface area contributed by atoms with Crippen molar-refractivity contribution >= 4 is 11.9 Å². The summed E-state index contributed by atoms with van der Waals surface area (Å²) in [5.74, 6) is -1.32. The Morgan fingerprint density at radius 3 is 2.00 bits per heavy atom. The summed E-state index contributed by atoms with van der Waals surface area (Å²) in [7, 11) is 0. The van der Waals surface area contributed by atoms with Gasteiger partial charge in [0, 0.05) is 0 Å². The van der Waals surface area contributed by atoms with Crippen molar-refractivity contribution in [3.63, 3.8) is 0 Å². The monoisotopic (exact) mass is 168 g/mol. The highest BCUT2D eigenvalue weighted by Gasteiger charge is 2.61. The molecule has 4 nitrogen and oxygen atoms in total. The van der Waals surface area contributed by atoms with Gasteiger partial charge in [-0.3, -0.25) is 9.59 Å². The lowest BCUT2D eigenvalue weighted by atomic mass is 9.81. The van der Waals surface area contributed by atoms with Gasteiger partial charge in [-0.05, 0) is 12.8 Å². The van der Waals surface area contributed by atoms with Crippen molar-refractivity contribution in [2.75, 3.05) is 0 Å². The van der Waals surface area contributed by atoms with Gasteiger partial charge in [-0.15, -0.1) is 0 Å². The maximum Gasteiger partial charge on any atom is 0.320 e. The molecule has 3 saturated heterocycles. The zero-order chi connectivity index (χ0) is 8.29. The molecular formula is C8H8O4. The summed E-state index contributed by atoms with van der Waals surface area (Å²) >= 11 is 0. The van der Waals surface area contributed by atoms with E-state index < -0.39 is 0 Å². The number of ether oxygens (including phenoxy) is 2. The molecule has 0 aromatic rings. The molecule has 3 heterocycles. The molecule has 12 heavy (non-hydrogen) atoms. The Balaban J connectivity index is 2.03. The maximum atomic E-state index is 11.1. The van der Waals surface area contributed by atoms with Gasteiger partial charge in [-0.25, -0.2) is 0 Å². The lowest BCUT2D eigenvalue weighted by Gasteiger charge is -2.13. The molecule has 2 bridgehead atoms. The Labute approximate surface area is 68.8 Å². The number of carbonyl (C=O) groups is 2. The lowest BCUT2D eigenvalue weighted by molar-refractivity contribution is -0.156. The summed E-state index contributed by atoms with van der Waals surface area (Å²) < 4.78 is 10.0. The molecule has 0 spiro atoms. The number of hydrogen-bond acceptors (Lipinski definition) is 4. The van der Waals surface area contributed by atoms with E-state index >= 15 is 0 Å². The van der Waals surface area contributed by atoms with Gasteiger partial charge in [0.05, 0.1) is 24.0 Å². The van der Waals surface area contributed by atoms with Gasteiger partial charge < -0.3 is 9.47 Å². The standard InChI is InChI=1S/C8H8O4/c9-7-5-3-1-2-4(11-3)6(5)8(10)12-7/h3-6H,1-2H2/t3-,4-,5-,6-/m1/s1. The molecule has 0 aliphatic carbocycles. The molecule has 3 rings (SSSR count). The van der Waals surface area contributed by atoms with Gasteiger partial charge in [0.15, 0.2) is 0 Å². The minimum absolute atomic E-state index is 0.0426. The summed E-state index contributed by atoms with van der Waals surface area (Å²) in [6.07, 6.45) is 1.71. The molecule has 0 aromatic carbocycles. The first-order chi connectivity index (χ1) is 5.77. The smallest absolute Gasteiger partial charge is 0.320 e. The summed E-state index contributed by atoms with van der Waals surface area (Å²) in [6, 6.07) is 0. The van der Waals surface area contributed by atoms with Crippen molar-refractivity contribution < 1.29 is 19.1 Å². The molecule has 64 valence electrons. The van der Waals surface area contributed by atoms with Crippen LogP contribution in [0.25, 0.3) is 0 Å². The number of carbonyl (C=O) groups excluding carboxylic acids is 2. The highest BCUT2D eigenvalue weighted by Crippen LogP contribution is 2.47. The van der Waals surface area contributed by atoms with E-state index in [4.69, 9.17) is 4.74 Å². The van der Waals surface area contributed by atoms with Crippen molar-refractivity contribution in [3.05, 3.63) is 0 Å². The highest BCUT2D eigenvalue weighted by atomic mass is 16.6. The molecule has 3 fully saturated rings. The molecule has 3 aliphatic rings. The van der Waals surface area contributed by atoms with Gasteiger partial charge >= 0.3 is 11.9 Å². The van der Waals surface area contributed by atoms with E-state index in [9.17, 15) is 9.59 Å². The number of hydrogen-bond donors (Lipinski definition) is 0. The zero-order valence-corrected chi connectivity index (χ0v) is 6.36. The second-order valence-corrected chi connectivity index (χ2v) is 3.58. The van der Waals surface area contributed by atoms with Crippen LogP contribution in [0.5, 0.6) is 0 Å². The van der Waals surface area contributed by atoms with E-state index in [2.05, 4.69) is 4.74 Å². The Morgan fingerprint density at radius 2 is 1.50 bits per heavy atom. The van der Waals surface area contributed by atoms with Crippen LogP contribution in [0.4, 0.5) is 0 Å². The molecule has 0 aromatic heterocycles. The molecule has 0 N–H and O–H groups in total. The fourth-order valence-electron chi connectivity index (χ4n) is 2.51. The van der Waals surface area contributed by atoms with Crippen molar-refractivity contribution in [1.29, 1.82) is 0 Å². The van der Waals surface area contributed by atoms with Gasteiger partial charge in [0.25, 0.3) is 0 Å². The molecule has 3 aliphatic heterocycles. The molecule has 0 unspecified atom stereocenters. The molecular weight excluding hydrogens is 160 g/mol. The van der Waals surface area contributed by atoms with Crippen molar-refractivity contribution in [2.24, 2.45) is 11.8 Å². The molecule has 0 amide bonds. The summed E-state index contributed by atoms with van der Waals surface area (Å²) in [6.45, 7) is 0. The van der Waals surface area contributed by atoms with Gasteiger partial charge in [0.2, 0.25) is 0 Å². The Bertz CT molecular complexity index is 246. The quantitative estimate of drug-likeness (QED) is 0.373. The first-order valence-electron chi connectivity index (χ1n) is 4.18. The minimum Gasteiger partial charge on any atom is -0.393 e. The molecule has 0 saturated carbocycles. The number of fused-ring (bicyclic) bond motifs is 5. The largest absolute Gasteiger partial charge is 0.393 e. The highest BCUT2D eigenvalue weighted by molar-refractivity contribution is 5.97. The predicted octanol–water partition coefficient (Wildman–Crippen LogP) is -0.137. The van der Waals surface area contributed by atoms with Crippen LogP contribution in [0, 0.1) is 11.8 Å². The van der Waals surface area contributed by atoms with E-state index in [-0.39, 0.29) is 36.0 Å². The second kappa shape index (κ2) is 1.88. The van der Waals surface area contributed by atoms with Gasteiger partial charge in [-0.1, -0.05) is 0 Å². The van der Waals surface area contributed by atoms with E-state index in [0.717, 1.165) is 12.8 Å². The topological polar surface area (TPSA) is 52.6 Å². The summed E-state index contributed by atoms with van der Waals surface area (Å²) in [4.78, 5) is 22.3. The second-order valence-electron chi connectivity index (χ2n) is 3.58. The molecule has 4 heteroatoms. The van der Waals surface area contributed by atoms with Crippen LogP contribution in [0.1, 0.15) is 12.8 Å². The summed E-state index contributed by atoms with van der Waals surface area (Å²) in [5, 5.41) is 0. The van der Waals surface area contributed by atoms with Crippen LogP contribution in [-0.2, 0) is 19.1 Å². The van der Waals surface area contributed by atoms with Gasteiger partial charge in [-0.2, -0.15) is 0 Å². The predicted molar refractivity (Wildman–Crippen MR) is 36.0 cm³/mol. The fraction of sp³-hybridized carbons (Fsp3) is 0.750. The molecule has 0 radical (unpaired) electrons. The SMILES string of the molecule is O=C1OC(=O)[C@H]2[C@H]1[C@H]1CC[C@H]2O1. The normalized spacial score (nSPS) is 49.7. The summed E-state index contributed by atoms with van der Waals surface area (Å²) in [5.41, 5.74) is 0. The third-order valence-electron chi connectivity index (χ3n) is 3.02. The first kappa shape index (κ1) is 6.60. The Kier molecular flexibility index (Phi) is 1.03. The Morgan fingerprint density at radius 1 is 1.00 bits per heavy atom. The third-order valence-corrected chi connectivity index (χ3v) is 3.02. The van der Waals surface area contributed by atoms with Crippen LogP contribution in [-0.4, -0.2) is 24.1 Å².